The predicted molar refractivity (Wildman–Crippen MR) is 69.7 cm³/mol. The minimum absolute atomic E-state index is 0.0560. The van der Waals surface area contributed by atoms with Crippen LogP contribution in [0.3, 0.4) is 0 Å². The fourth-order valence-corrected chi connectivity index (χ4v) is 1.80. The van der Waals surface area contributed by atoms with Crippen molar-refractivity contribution < 1.29 is 14.3 Å². The minimum Gasteiger partial charge on any atom is -0.494 e. The van der Waals surface area contributed by atoms with Gasteiger partial charge in [0.1, 0.15) is 12.2 Å². The standard InChI is InChI=1S/C15H16O3/c1-12(16)18-15-9-10-17-14(11-15)8-7-13-5-3-2-4-6-13/h2-10,14-15H,11H2,1H3/t14-,15-/m0/s1. The quantitative estimate of drug-likeness (QED) is 0.767. The van der Waals surface area contributed by atoms with E-state index in [-0.39, 0.29) is 18.2 Å². The van der Waals surface area contributed by atoms with Crippen LogP contribution in [0.2, 0.25) is 0 Å². The molecule has 0 fully saturated rings. The molecule has 1 aliphatic rings. The Hall–Kier alpha value is -2.03. The van der Waals surface area contributed by atoms with Crippen LogP contribution in [0.5, 0.6) is 0 Å². The van der Waals surface area contributed by atoms with Gasteiger partial charge in [0, 0.05) is 13.3 Å². The summed E-state index contributed by atoms with van der Waals surface area (Å²) in [6, 6.07) is 10.0. The van der Waals surface area contributed by atoms with Crippen molar-refractivity contribution >= 4 is 12.0 Å². The second-order valence-corrected chi connectivity index (χ2v) is 4.16. The summed E-state index contributed by atoms with van der Waals surface area (Å²) in [5.74, 6) is -0.266. The summed E-state index contributed by atoms with van der Waals surface area (Å²) in [4.78, 5) is 10.9. The van der Waals surface area contributed by atoms with Gasteiger partial charge in [-0.15, -0.1) is 0 Å². The second-order valence-electron chi connectivity index (χ2n) is 4.16. The van der Waals surface area contributed by atoms with Gasteiger partial charge in [-0.2, -0.15) is 0 Å². The number of carbonyl (C=O) groups is 1. The molecule has 1 heterocycles. The Kier molecular flexibility index (Phi) is 4.18. The van der Waals surface area contributed by atoms with Crippen LogP contribution in [0.4, 0.5) is 0 Å². The number of hydrogen-bond donors (Lipinski definition) is 0. The third-order valence-electron chi connectivity index (χ3n) is 2.63. The number of hydrogen-bond acceptors (Lipinski definition) is 3. The van der Waals surface area contributed by atoms with Gasteiger partial charge in [-0.05, 0) is 17.7 Å². The maximum absolute atomic E-state index is 10.9. The van der Waals surface area contributed by atoms with E-state index in [1.807, 2.05) is 42.5 Å². The van der Waals surface area contributed by atoms with E-state index in [1.54, 1.807) is 12.3 Å². The highest BCUT2D eigenvalue weighted by Gasteiger charge is 2.18. The van der Waals surface area contributed by atoms with Crippen molar-refractivity contribution in [1.82, 2.24) is 0 Å². The predicted octanol–water partition coefficient (Wildman–Crippen LogP) is 2.93. The van der Waals surface area contributed by atoms with Crippen molar-refractivity contribution in [2.45, 2.75) is 25.6 Å². The summed E-state index contributed by atoms with van der Waals surface area (Å²) in [6.45, 7) is 1.41. The molecule has 0 saturated heterocycles. The number of esters is 1. The molecule has 18 heavy (non-hydrogen) atoms. The first-order valence-electron chi connectivity index (χ1n) is 5.96. The van der Waals surface area contributed by atoms with Gasteiger partial charge in [0.25, 0.3) is 0 Å². The fraction of sp³-hybridized carbons (Fsp3) is 0.267. The zero-order valence-corrected chi connectivity index (χ0v) is 10.3. The highest BCUT2D eigenvalue weighted by atomic mass is 16.5. The average Bonchev–Trinajstić information content (AvgIpc) is 2.37. The molecule has 3 heteroatoms. The molecule has 2 atom stereocenters. The van der Waals surface area contributed by atoms with Crippen LogP contribution in [0, 0.1) is 0 Å². The molecule has 0 N–H and O–H groups in total. The topological polar surface area (TPSA) is 35.5 Å². The van der Waals surface area contributed by atoms with Crippen LogP contribution < -0.4 is 0 Å². The largest absolute Gasteiger partial charge is 0.494 e. The van der Waals surface area contributed by atoms with Gasteiger partial charge in [0.15, 0.2) is 0 Å². The third-order valence-corrected chi connectivity index (χ3v) is 2.63. The molecule has 0 unspecified atom stereocenters. The number of carbonyl (C=O) groups excluding carboxylic acids is 1. The SMILES string of the molecule is CC(=O)O[C@H]1C=CO[C@@H](C=Cc2ccccc2)C1. The Balaban J connectivity index is 1.93. The van der Waals surface area contributed by atoms with Crippen molar-refractivity contribution in [2.24, 2.45) is 0 Å². The van der Waals surface area contributed by atoms with Crippen molar-refractivity contribution in [1.29, 1.82) is 0 Å². The average molecular weight is 244 g/mol. The molecule has 0 aliphatic carbocycles. The van der Waals surface area contributed by atoms with Crippen LogP contribution in [-0.4, -0.2) is 18.2 Å². The summed E-state index contributed by atoms with van der Waals surface area (Å²) < 4.78 is 10.6. The third kappa shape index (κ3) is 3.77. The van der Waals surface area contributed by atoms with Crippen LogP contribution >= 0.6 is 0 Å². The number of benzene rings is 1. The molecule has 0 spiro atoms. The van der Waals surface area contributed by atoms with Gasteiger partial charge < -0.3 is 9.47 Å². The van der Waals surface area contributed by atoms with Gasteiger partial charge in [0.2, 0.25) is 0 Å². The maximum Gasteiger partial charge on any atom is 0.303 e. The molecule has 1 aromatic rings. The van der Waals surface area contributed by atoms with Gasteiger partial charge in [-0.1, -0.05) is 36.4 Å². The first kappa shape index (κ1) is 12.4. The van der Waals surface area contributed by atoms with Crippen LogP contribution in [0.15, 0.2) is 48.7 Å². The Morgan fingerprint density at radius 2 is 2.17 bits per heavy atom. The molecule has 94 valence electrons. The van der Waals surface area contributed by atoms with E-state index in [1.165, 1.54) is 6.92 Å². The van der Waals surface area contributed by atoms with E-state index < -0.39 is 0 Å². The minimum atomic E-state index is -0.266. The number of ether oxygens (including phenoxy) is 2. The maximum atomic E-state index is 10.9. The second kappa shape index (κ2) is 6.05. The van der Waals surface area contributed by atoms with E-state index in [2.05, 4.69) is 0 Å². The highest BCUT2D eigenvalue weighted by molar-refractivity contribution is 5.66. The lowest BCUT2D eigenvalue weighted by Gasteiger charge is -2.22. The summed E-state index contributed by atoms with van der Waals surface area (Å²) >= 11 is 0. The van der Waals surface area contributed by atoms with Gasteiger partial charge >= 0.3 is 5.97 Å². The molecular formula is C15H16O3. The van der Waals surface area contributed by atoms with E-state index in [0.717, 1.165) is 5.56 Å². The molecule has 0 amide bonds. The summed E-state index contributed by atoms with van der Waals surface area (Å²) in [6.07, 6.45) is 7.75. The molecular weight excluding hydrogens is 228 g/mol. The highest BCUT2D eigenvalue weighted by Crippen LogP contribution is 2.16. The fourth-order valence-electron chi connectivity index (χ4n) is 1.80. The van der Waals surface area contributed by atoms with Crippen molar-refractivity contribution in [2.75, 3.05) is 0 Å². The van der Waals surface area contributed by atoms with Crippen LogP contribution in [0.1, 0.15) is 18.9 Å². The molecule has 0 aromatic heterocycles. The zero-order chi connectivity index (χ0) is 12.8. The lowest BCUT2D eigenvalue weighted by Crippen LogP contribution is -2.24. The lowest BCUT2D eigenvalue weighted by molar-refractivity contribution is -0.145. The normalized spacial score (nSPS) is 22.7. The first-order valence-corrected chi connectivity index (χ1v) is 5.96. The van der Waals surface area contributed by atoms with E-state index >= 15 is 0 Å². The van der Waals surface area contributed by atoms with Crippen molar-refractivity contribution in [3.8, 4) is 0 Å². The lowest BCUT2D eigenvalue weighted by atomic mass is 10.1. The molecule has 0 radical (unpaired) electrons. The van der Waals surface area contributed by atoms with Crippen molar-refractivity contribution in [3.05, 3.63) is 54.3 Å². The monoisotopic (exact) mass is 244 g/mol. The Morgan fingerprint density at radius 1 is 1.39 bits per heavy atom. The molecule has 3 nitrogen and oxygen atoms in total. The Labute approximate surface area is 107 Å². The van der Waals surface area contributed by atoms with Crippen molar-refractivity contribution in [3.63, 3.8) is 0 Å². The van der Waals surface area contributed by atoms with Gasteiger partial charge in [0.05, 0.1) is 6.26 Å². The molecule has 0 bridgehead atoms. The van der Waals surface area contributed by atoms with E-state index in [9.17, 15) is 4.79 Å². The number of rotatable bonds is 3. The van der Waals surface area contributed by atoms with Crippen LogP contribution in [-0.2, 0) is 14.3 Å². The van der Waals surface area contributed by atoms with Gasteiger partial charge in [-0.25, -0.2) is 0 Å². The molecule has 0 saturated carbocycles. The van der Waals surface area contributed by atoms with E-state index in [0.29, 0.717) is 6.42 Å². The Morgan fingerprint density at radius 3 is 2.89 bits per heavy atom. The Bertz CT molecular complexity index is 448. The van der Waals surface area contributed by atoms with Crippen LogP contribution in [0.25, 0.3) is 6.08 Å². The van der Waals surface area contributed by atoms with E-state index in [4.69, 9.17) is 9.47 Å². The smallest absolute Gasteiger partial charge is 0.303 e. The molecule has 1 aliphatic heterocycles. The summed E-state index contributed by atoms with van der Waals surface area (Å²) in [7, 11) is 0. The molecule has 1 aromatic carbocycles. The molecule has 2 rings (SSSR count). The first-order chi connectivity index (χ1) is 8.74. The summed E-state index contributed by atoms with van der Waals surface area (Å²) in [5.41, 5.74) is 1.12. The zero-order valence-electron chi connectivity index (χ0n) is 10.3. The van der Waals surface area contributed by atoms with Gasteiger partial charge in [-0.3, -0.25) is 4.79 Å². The summed E-state index contributed by atoms with van der Waals surface area (Å²) in [5, 5.41) is 0.